The number of para-hydroxylation sites is 1. The molecule has 0 unspecified atom stereocenters. The summed E-state index contributed by atoms with van der Waals surface area (Å²) in [6.07, 6.45) is 3.62. The predicted octanol–water partition coefficient (Wildman–Crippen LogP) is 5.89. The van der Waals surface area contributed by atoms with Crippen LogP contribution in [0.2, 0.25) is 5.02 Å². The maximum absolute atomic E-state index is 12.4. The lowest BCUT2D eigenvalue weighted by Crippen LogP contribution is -2.20. The van der Waals surface area contributed by atoms with Crippen molar-refractivity contribution in [2.45, 2.75) is 12.1 Å². The van der Waals surface area contributed by atoms with E-state index >= 15 is 0 Å². The second kappa shape index (κ2) is 11.4. The number of aromatic nitrogens is 3. The molecule has 0 spiro atoms. The van der Waals surface area contributed by atoms with Crippen LogP contribution in [0.1, 0.15) is 12.5 Å². The molecule has 0 saturated carbocycles. The van der Waals surface area contributed by atoms with Crippen LogP contribution in [0, 0.1) is 0 Å². The first-order chi connectivity index (χ1) is 16.6. The van der Waals surface area contributed by atoms with E-state index in [1.165, 1.54) is 11.8 Å². The van der Waals surface area contributed by atoms with Gasteiger partial charge in [0, 0.05) is 16.3 Å². The van der Waals surface area contributed by atoms with E-state index < -0.39 is 0 Å². The molecule has 170 valence electrons. The molecule has 0 bridgehead atoms. The number of nitrogens with zero attached hydrogens (tertiary/aromatic N) is 4. The van der Waals surface area contributed by atoms with Crippen LogP contribution in [0.3, 0.4) is 0 Å². The molecule has 0 aliphatic heterocycles. The van der Waals surface area contributed by atoms with E-state index in [2.05, 4.69) is 20.7 Å². The average Bonchev–Trinajstić information content (AvgIpc) is 3.28. The molecule has 0 aliphatic rings. The molecule has 0 fully saturated rings. The van der Waals surface area contributed by atoms with Crippen molar-refractivity contribution in [1.82, 2.24) is 20.2 Å². The quantitative estimate of drug-likeness (QED) is 0.191. The maximum Gasteiger partial charge on any atom is 0.250 e. The highest BCUT2D eigenvalue weighted by Crippen LogP contribution is 2.28. The van der Waals surface area contributed by atoms with Crippen molar-refractivity contribution in [1.29, 1.82) is 0 Å². The molecule has 4 aromatic rings. The van der Waals surface area contributed by atoms with E-state index in [9.17, 15) is 4.79 Å². The van der Waals surface area contributed by atoms with E-state index in [1.807, 2.05) is 102 Å². The summed E-state index contributed by atoms with van der Waals surface area (Å²) in [5.74, 6) is 0.583. The lowest BCUT2D eigenvalue weighted by atomic mass is 10.1. The van der Waals surface area contributed by atoms with E-state index in [0.717, 1.165) is 22.4 Å². The fourth-order valence-corrected chi connectivity index (χ4v) is 4.05. The molecule has 0 radical (unpaired) electrons. The maximum atomic E-state index is 12.4. The van der Waals surface area contributed by atoms with Gasteiger partial charge in [-0.25, -0.2) is 5.43 Å². The Hall–Kier alpha value is -3.68. The number of benzene rings is 3. The number of allylic oxidation sites excluding steroid dienone is 1. The van der Waals surface area contributed by atoms with Crippen LogP contribution in [-0.2, 0) is 4.79 Å². The summed E-state index contributed by atoms with van der Waals surface area (Å²) in [7, 11) is 0. The van der Waals surface area contributed by atoms with Gasteiger partial charge in [-0.05, 0) is 54.5 Å². The van der Waals surface area contributed by atoms with Crippen LogP contribution in [0.15, 0.2) is 101 Å². The Kier molecular flexibility index (Phi) is 7.91. The fraction of sp³-hybridized carbons (Fsp3) is 0.0769. The van der Waals surface area contributed by atoms with E-state index in [1.54, 1.807) is 6.21 Å². The third-order valence-electron chi connectivity index (χ3n) is 4.73. The topological polar surface area (TPSA) is 72.2 Å². The number of rotatable bonds is 8. The first kappa shape index (κ1) is 23.5. The minimum Gasteiger partial charge on any atom is -0.272 e. The van der Waals surface area contributed by atoms with Gasteiger partial charge in [0.2, 0.25) is 0 Å². The predicted molar refractivity (Wildman–Crippen MR) is 139 cm³/mol. The highest BCUT2D eigenvalue weighted by atomic mass is 35.5. The molecule has 0 atom stereocenters. The van der Waals surface area contributed by atoms with Gasteiger partial charge in [-0.15, -0.1) is 10.2 Å². The van der Waals surface area contributed by atoms with Gasteiger partial charge in [0.25, 0.3) is 5.91 Å². The minimum absolute atomic E-state index is 0.143. The van der Waals surface area contributed by atoms with E-state index in [4.69, 9.17) is 11.6 Å². The summed E-state index contributed by atoms with van der Waals surface area (Å²) in [6, 6.07) is 27.1. The summed E-state index contributed by atoms with van der Waals surface area (Å²) in [6.45, 7) is 1.93. The zero-order valence-electron chi connectivity index (χ0n) is 18.4. The molecular formula is C26H22ClN5OS. The Morgan fingerprint density at radius 3 is 2.38 bits per heavy atom. The number of hydrogen-bond donors (Lipinski definition) is 1. The van der Waals surface area contributed by atoms with Gasteiger partial charge in [0.05, 0.1) is 12.0 Å². The lowest BCUT2D eigenvalue weighted by molar-refractivity contribution is -0.118. The Labute approximate surface area is 207 Å². The molecule has 0 saturated heterocycles. The Bertz CT molecular complexity index is 1300. The van der Waals surface area contributed by atoms with Crippen LogP contribution in [0.4, 0.5) is 0 Å². The van der Waals surface area contributed by atoms with Crippen molar-refractivity contribution >= 4 is 41.6 Å². The number of amides is 1. The molecule has 1 amide bonds. The number of thioether (sulfide) groups is 1. The number of carbonyl (C=O) groups is 1. The van der Waals surface area contributed by atoms with Gasteiger partial charge < -0.3 is 0 Å². The molecule has 0 aliphatic carbocycles. The van der Waals surface area contributed by atoms with Gasteiger partial charge in [0.15, 0.2) is 11.0 Å². The van der Waals surface area contributed by atoms with Gasteiger partial charge in [0.1, 0.15) is 0 Å². The molecule has 6 nitrogen and oxygen atoms in total. The van der Waals surface area contributed by atoms with Crippen molar-refractivity contribution in [2.75, 3.05) is 5.75 Å². The fourth-order valence-electron chi connectivity index (χ4n) is 3.18. The summed E-state index contributed by atoms with van der Waals surface area (Å²) < 4.78 is 1.93. The lowest BCUT2D eigenvalue weighted by Gasteiger charge is -2.10. The standard InChI is InChI=1S/C26H22ClN5OS/c1-19(16-20-8-4-2-5-9-20)17-28-29-24(33)18-34-26-31-30-25(21-12-14-22(27)15-13-21)32(26)23-10-6-3-7-11-23/h2-17H,18H2,1H3,(H,29,33)/b19-16+,28-17-. The van der Waals surface area contributed by atoms with Crippen LogP contribution in [-0.4, -0.2) is 32.6 Å². The SMILES string of the molecule is CC(/C=N\NC(=O)CSc1nnc(-c2ccc(Cl)cc2)n1-c1ccccc1)=C\c1ccccc1. The van der Waals surface area contributed by atoms with Crippen LogP contribution >= 0.6 is 23.4 Å². The molecule has 3 aromatic carbocycles. The summed E-state index contributed by atoms with van der Waals surface area (Å²) >= 11 is 7.33. The van der Waals surface area contributed by atoms with E-state index in [-0.39, 0.29) is 11.7 Å². The summed E-state index contributed by atoms with van der Waals surface area (Å²) in [5.41, 5.74) is 6.35. The van der Waals surface area contributed by atoms with Crippen LogP contribution < -0.4 is 5.43 Å². The molecule has 1 heterocycles. The summed E-state index contributed by atoms with van der Waals surface area (Å²) in [5, 5.41) is 14.0. The number of carbonyl (C=O) groups excluding carboxylic acids is 1. The summed E-state index contributed by atoms with van der Waals surface area (Å²) in [4.78, 5) is 12.4. The van der Waals surface area contributed by atoms with Crippen molar-refractivity contribution in [3.05, 3.63) is 101 Å². The van der Waals surface area contributed by atoms with Crippen molar-refractivity contribution in [3.63, 3.8) is 0 Å². The Morgan fingerprint density at radius 2 is 1.68 bits per heavy atom. The molecule has 34 heavy (non-hydrogen) atoms. The number of hydrazone groups is 1. The monoisotopic (exact) mass is 487 g/mol. The molecule has 4 rings (SSSR count). The second-order valence-electron chi connectivity index (χ2n) is 7.36. The molecule has 8 heteroatoms. The zero-order chi connectivity index (χ0) is 23.8. The van der Waals surface area contributed by atoms with Gasteiger partial charge in [-0.1, -0.05) is 78.0 Å². The highest BCUT2D eigenvalue weighted by molar-refractivity contribution is 7.99. The third kappa shape index (κ3) is 6.21. The van der Waals surface area contributed by atoms with Gasteiger partial charge in [-0.3, -0.25) is 9.36 Å². The zero-order valence-corrected chi connectivity index (χ0v) is 20.0. The van der Waals surface area contributed by atoms with Crippen LogP contribution in [0.5, 0.6) is 0 Å². The van der Waals surface area contributed by atoms with E-state index in [0.29, 0.717) is 16.0 Å². The van der Waals surface area contributed by atoms with Gasteiger partial charge in [-0.2, -0.15) is 5.10 Å². The number of hydrogen-bond acceptors (Lipinski definition) is 5. The van der Waals surface area contributed by atoms with Crippen LogP contribution in [0.25, 0.3) is 23.2 Å². The molecular weight excluding hydrogens is 466 g/mol. The Balaban J connectivity index is 1.45. The second-order valence-corrected chi connectivity index (χ2v) is 8.74. The molecule has 1 aromatic heterocycles. The Morgan fingerprint density at radius 1 is 1.00 bits per heavy atom. The number of halogens is 1. The normalized spacial score (nSPS) is 11.6. The van der Waals surface area contributed by atoms with Gasteiger partial charge >= 0.3 is 0 Å². The first-order valence-electron chi connectivity index (χ1n) is 10.5. The number of nitrogens with one attached hydrogen (secondary N) is 1. The largest absolute Gasteiger partial charge is 0.272 e. The third-order valence-corrected chi connectivity index (χ3v) is 5.91. The first-order valence-corrected chi connectivity index (χ1v) is 11.9. The van der Waals surface area contributed by atoms with Crippen molar-refractivity contribution < 1.29 is 4.79 Å². The minimum atomic E-state index is -0.232. The van der Waals surface area contributed by atoms with Crippen molar-refractivity contribution in [2.24, 2.45) is 5.10 Å². The van der Waals surface area contributed by atoms with Crippen molar-refractivity contribution in [3.8, 4) is 17.1 Å². The highest BCUT2D eigenvalue weighted by Gasteiger charge is 2.17. The smallest absolute Gasteiger partial charge is 0.250 e. The average molecular weight is 488 g/mol. The molecule has 1 N–H and O–H groups in total.